The summed E-state index contributed by atoms with van der Waals surface area (Å²) in [6.07, 6.45) is 1.03. The van der Waals surface area contributed by atoms with Crippen LogP contribution >= 0.6 is 0 Å². The largest absolute Gasteiger partial charge is 0.258 e. The van der Waals surface area contributed by atoms with Crippen LogP contribution in [0.1, 0.15) is 32.6 Å². The SMILES string of the molecule is CC.CC(OF)c1ccccn1. The zero-order valence-electron chi connectivity index (χ0n) is 7.62. The molecule has 2 nitrogen and oxygen atoms in total. The molecule has 0 aliphatic heterocycles. The van der Waals surface area contributed by atoms with Crippen molar-refractivity contribution < 1.29 is 9.47 Å². The molecule has 1 atom stereocenters. The predicted octanol–water partition coefficient (Wildman–Crippen LogP) is 3.07. The van der Waals surface area contributed by atoms with Crippen molar-refractivity contribution in [2.45, 2.75) is 26.9 Å². The smallest absolute Gasteiger partial charge is 0.137 e. The maximum atomic E-state index is 11.5. The molecule has 0 amide bonds. The summed E-state index contributed by atoms with van der Waals surface area (Å²) in [5.41, 5.74) is 0.602. The first-order valence-corrected chi connectivity index (χ1v) is 4.03. The number of hydrogen-bond acceptors (Lipinski definition) is 2. The van der Waals surface area contributed by atoms with Crippen molar-refractivity contribution in [3.05, 3.63) is 30.1 Å². The first kappa shape index (κ1) is 11.0. The highest BCUT2D eigenvalue weighted by molar-refractivity contribution is 5.05. The van der Waals surface area contributed by atoms with E-state index in [0.29, 0.717) is 5.69 Å². The van der Waals surface area contributed by atoms with E-state index >= 15 is 0 Å². The van der Waals surface area contributed by atoms with Gasteiger partial charge >= 0.3 is 0 Å². The Bertz CT molecular complexity index is 191. The maximum Gasteiger partial charge on any atom is 0.137 e. The molecular weight excluding hydrogens is 157 g/mol. The van der Waals surface area contributed by atoms with Gasteiger partial charge in [-0.1, -0.05) is 19.9 Å². The van der Waals surface area contributed by atoms with Crippen molar-refractivity contribution in [2.75, 3.05) is 0 Å². The monoisotopic (exact) mass is 171 g/mol. The number of nitrogens with zero attached hydrogens (tertiary/aromatic N) is 1. The first-order chi connectivity index (χ1) is 5.84. The molecule has 0 radical (unpaired) electrons. The summed E-state index contributed by atoms with van der Waals surface area (Å²) < 4.78 is 11.5. The molecule has 0 saturated carbocycles. The summed E-state index contributed by atoms with van der Waals surface area (Å²) in [7, 11) is 0. The third kappa shape index (κ3) is 3.44. The van der Waals surface area contributed by atoms with Crippen molar-refractivity contribution in [1.29, 1.82) is 0 Å². The maximum absolute atomic E-state index is 11.5. The topological polar surface area (TPSA) is 22.1 Å². The van der Waals surface area contributed by atoms with Crippen LogP contribution in [0.5, 0.6) is 0 Å². The van der Waals surface area contributed by atoms with E-state index in [-0.39, 0.29) is 0 Å². The summed E-state index contributed by atoms with van der Waals surface area (Å²) in [5, 5.41) is 0. The van der Waals surface area contributed by atoms with Gasteiger partial charge in [-0.25, -0.2) is 0 Å². The van der Waals surface area contributed by atoms with Crippen LogP contribution in [0.3, 0.4) is 0 Å². The molecule has 0 aliphatic carbocycles. The van der Waals surface area contributed by atoms with Crippen molar-refractivity contribution in [2.24, 2.45) is 0 Å². The molecule has 1 rings (SSSR count). The van der Waals surface area contributed by atoms with Gasteiger partial charge in [-0.15, -0.1) is 0 Å². The molecule has 1 heterocycles. The summed E-state index contributed by atoms with van der Waals surface area (Å²) >= 11 is 0. The minimum Gasteiger partial charge on any atom is -0.258 e. The molecule has 0 N–H and O–H groups in total. The van der Waals surface area contributed by atoms with Crippen LogP contribution in [0, 0.1) is 0 Å². The van der Waals surface area contributed by atoms with Crippen LogP contribution in [0.15, 0.2) is 24.4 Å². The Morgan fingerprint density at radius 3 is 2.50 bits per heavy atom. The Kier molecular flexibility index (Phi) is 6.19. The Labute approximate surface area is 72.3 Å². The summed E-state index contributed by atoms with van der Waals surface area (Å²) in [6, 6.07) is 5.27. The zero-order chi connectivity index (χ0) is 9.40. The Balaban J connectivity index is 0.000000561. The van der Waals surface area contributed by atoms with Gasteiger partial charge in [0.1, 0.15) is 6.10 Å². The van der Waals surface area contributed by atoms with Crippen LogP contribution in [0.2, 0.25) is 0 Å². The van der Waals surface area contributed by atoms with E-state index < -0.39 is 6.10 Å². The highest BCUT2D eigenvalue weighted by Gasteiger charge is 2.04. The van der Waals surface area contributed by atoms with E-state index in [4.69, 9.17) is 0 Å². The van der Waals surface area contributed by atoms with Crippen molar-refractivity contribution >= 4 is 0 Å². The molecule has 1 aromatic heterocycles. The van der Waals surface area contributed by atoms with Gasteiger partial charge in [-0.3, -0.25) is 4.98 Å². The number of halogens is 1. The minimum atomic E-state index is -0.568. The average Bonchev–Trinajstić information content (AvgIpc) is 2.21. The van der Waals surface area contributed by atoms with Gasteiger partial charge in [0, 0.05) is 6.20 Å². The van der Waals surface area contributed by atoms with Gasteiger partial charge in [0.15, 0.2) is 0 Å². The van der Waals surface area contributed by atoms with E-state index in [1.807, 2.05) is 13.8 Å². The summed E-state index contributed by atoms with van der Waals surface area (Å²) in [6.45, 7) is 5.60. The molecule has 0 spiro atoms. The quantitative estimate of drug-likeness (QED) is 0.682. The normalized spacial score (nSPS) is 11.3. The molecule has 0 aromatic carbocycles. The fourth-order valence-corrected chi connectivity index (χ4v) is 0.662. The highest BCUT2D eigenvalue weighted by Crippen LogP contribution is 2.12. The molecule has 68 valence electrons. The van der Waals surface area contributed by atoms with Gasteiger partial charge in [0.05, 0.1) is 5.69 Å². The van der Waals surface area contributed by atoms with E-state index in [1.54, 1.807) is 31.3 Å². The van der Waals surface area contributed by atoms with Gasteiger partial charge in [0.25, 0.3) is 0 Å². The fraction of sp³-hybridized carbons (Fsp3) is 0.444. The van der Waals surface area contributed by atoms with Crippen LogP contribution in [0.25, 0.3) is 0 Å². The lowest BCUT2D eigenvalue weighted by Crippen LogP contribution is -1.95. The van der Waals surface area contributed by atoms with Gasteiger partial charge in [0.2, 0.25) is 0 Å². The van der Waals surface area contributed by atoms with Crippen molar-refractivity contribution in [1.82, 2.24) is 4.98 Å². The average molecular weight is 171 g/mol. The predicted molar refractivity (Wildman–Crippen MR) is 46.2 cm³/mol. The highest BCUT2D eigenvalue weighted by atomic mass is 19.3. The van der Waals surface area contributed by atoms with E-state index in [0.717, 1.165) is 0 Å². The Hall–Kier alpha value is -0.960. The summed E-state index contributed by atoms with van der Waals surface area (Å²) in [4.78, 5) is 7.46. The van der Waals surface area contributed by atoms with Crippen LogP contribution < -0.4 is 0 Å². The molecule has 0 bridgehead atoms. The molecule has 3 heteroatoms. The second kappa shape index (κ2) is 6.73. The number of pyridine rings is 1. The Morgan fingerprint density at radius 1 is 1.42 bits per heavy atom. The van der Waals surface area contributed by atoms with Crippen molar-refractivity contribution in [3.63, 3.8) is 0 Å². The number of aromatic nitrogens is 1. The standard InChI is InChI=1S/C7H8FNO.C2H6/c1-6(10-8)7-4-2-3-5-9-7;1-2/h2-6H,1H3;1-2H3. The second-order valence-electron chi connectivity index (χ2n) is 1.99. The molecule has 0 saturated heterocycles. The molecule has 1 aromatic rings. The lowest BCUT2D eigenvalue weighted by Gasteiger charge is -2.02. The van der Waals surface area contributed by atoms with Gasteiger partial charge in [-0.2, -0.15) is 4.94 Å². The van der Waals surface area contributed by atoms with Crippen LogP contribution in [-0.2, 0) is 4.94 Å². The second-order valence-corrected chi connectivity index (χ2v) is 1.99. The van der Waals surface area contributed by atoms with Crippen molar-refractivity contribution in [3.8, 4) is 0 Å². The minimum absolute atomic E-state index is 0.568. The number of rotatable bonds is 2. The Morgan fingerprint density at radius 2 is 2.08 bits per heavy atom. The molecule has 1 unspecified atom stereocenters. The fourth-order valence-electron chi connectivity index (χ4n) is 0.662. The third-order valence-corrected chi connectivity index (χ3v) is 1.24. The molecule has 0 fully saturated rings. The number of hydrogen-bond donors (Lipinski definition) is 0. The molecule has 12 heavy (non-hydrogen) atoms. The van der Waals surface area contributed by atoms with E-state index in [2.05, 4.69) is 9.93 Å². The summed E-state index contributed by atoms with van der Waals surface area (Å²) in [5.74, 6) is 0. The first-order valence-electron chi connectivity index (χ1n) is 4.03. The zero-order valence-corrected chi connectivity index (χ0v) is 7.62. The lowest BCUT2D eigenvalue weighted by atomic mass is 10.2. The van der Waals surface area contributed by atoms with E-state index in [1.165, 1.54) is 0 Å². The van der Waals surface area contributed by atoms with Crippen LogP contribution in [-0.4, -0.2) is 4.98 Å². The van der Waals surface area contributed by atoms with Crippen LogP contribution in [0.4, 0.5) is 4.53 Å². The molecular formula is C9H14FNO. The molecule has 0 aliphatic rings. The van der Waals surface area contributed by atoms with Gasteiger partial charge < -0.3 is 0 Å². The third-order valence-electron chi connectivity index (χ3n) is 1.24. The lowest BCUT2D eigenvalue weighted by molar-refractivity contribution is -0.176. The van der Waals surface area contributed by atoms with E-state index in [9.17, 15) is 4.53 Å². The van der Waals surface area contributed by atoms with Gasteiger partial charge in [-0.05, 0) is 23.6 Å².